The summed E-state index contributed by atoms with van der Waals surface area (Å²) in [4.78, 5) is 23.1. The van der Waals surface area contributed by atoms with E-state index in [0.29, 0.717) is 19.4 Å². The average molecular weight is 276 g/mol. The first-order valence-corrected chi connectivity index (χ1v) is 7.29. The molecule has 20 heavy (non-hydrogen) atoms. The Bertz CT molecular complexity index is 404. The van der Waals surface area contributed by atoms with E-state index in [0.717, 1.165) is 24.8 Å². The molecule has 0 radical (unpaired) electrons. The molecule has 0 unspecified atom stereocenters. The van der Waals surface area contributed by atoms with Crippen molar-refractivity contribution in [2.24, 2.45) is 0 Å². The largest absolute Gasteiger partial charge is 0.355 e. The molecule has 0 bridgehead atoms. The fraction of sp³-hybridized carbons (Fsp3) is 0.500. The van der Waals surface area contributed by atoms with E-state index in [1.807, 2.05) is 30.3 Å². The van der Waals surface area contributed by atoms with Crippen LogP contribution in [0.1, 0.15) is 38.2 Å². The van der Waals surface area contributed by atoms with Crippen LogP contribution in [-0.2, 0) is 16.0 Å². The summed E-state index contributed by atoms with van der Waals surface area (Å²) in [6.45, 7) is 2.88. The highest BCUT2D eigenvalue weighted by Crippen LogP contribution is 2.01. The lowest BCUT2D eigenvalue weighted by Gasteiger charge is -2.06. The molecule has 1 aromatic rings. The van der Waals surface area contributed by atoms with Gasteiger partial charge in [-0.1, -0.05) is 50.1 Å². The highest BCUT2D eigenvalue weighted by Gasteiger charge is 2.05. The van der Waals surface area contributed by atoms with Gasteiger partial charge in [-0.3, -0.25) is 9.59 Å². The first kappa shape index (κ1) is 16.2. The summed E-state index contributed by atoms with van der Waals surface area (Å²) in [6.07, 6.45) is 4.35. The zero-order valence-electron chi connectivity index (χ0n) is 12.2. The normalized spacial score (nSPS) is 10.1. The molecular weight excluding hydrogens is 252 g/mol. The van der Waals surface area contributed by atoms with Crippen LogP contribution < -0.4 is 10.6 Å². The highest BCUT2D eigenvalue weighted by molar-refractivity contribution is 5.84. The summed E-state index contributed by atoms with van der Waals surface area (Å²) in [5.41, 5.74) is 1.13. The number of hydrogen-bond donors (Lipinski definition) is 2. The molecule has 2 amide bonds. The van der Waals surface area contributed by atoms with Crippen molar-refractivity contribution < 1.29 is 9.59 Å². The quantitative estimate of drug-likeness (QED) is 0.678. The topological polar surface area (TPSA) is 58.2 Å². The van der Waals surface area contributed by atoms with Crippen LogP contribution in [0.15, 0.2) is 30.3 Å². The summed E-state index contributed by atoms with van der Waals surface area (Å²) < 4.78 is 0. The monoisotopic (exact) mass is 276 g/mol. The highest BCUT2D eigenvalue weighted by atomic mass is 16.2. The molecule has 0 heterocycles. The van der Waals surface area contributed by atoms with Crippen LogP contribution in [0.2, 0.25) is 0 Å². The molecule has 0 aliphatic carbocycles. The van der Waals surface area contributed by atoms with Gasteiger partial charge in [0.25, 0.3) is 0 Å². The molecule has 110 valence electrons. The smallest absolute Gasteiger partial charge is 0.239 e. The molecule has 0 fully saturated rings. The summed E-state index contributed by atoms with van der Waals surface area (Å²) in [5, 5.41) is 5.44. The Morgan fingerprint density at radius 3 is 2.45 bits per heavy atom. The van der Waals surface area contributed by atoms with Gasteiger partial charge in [0.15, 0.2) is 0 Å². The maximum absolute atomic E-state index is 11.6. The number of nitrogens with one attached hydrogen (secondary N) is 2. The van der Waals surface area contributed by atoms with Crippen molar-refractivity contribution in [3.05, 3.63) is 35.9 Å². The zero-order chi connectivity index (χ0) is 14.6. The van der Waals surface area contributed by atoms with Gasteiger partial charge >= 0.3 is 0 Å². The average Bonchev–Trinajstić information content (AvgIpc) is 2.48. The summed E-state index contributed by atoms with van der Waals surface area (Å²) >= 11 is 0. The second-order valence-electron chi connectivity index (χ2n) is 4.82. The fourth-order valence-corrected chi connectivity index (χ4v) is 1.84. The van der Waals surface area contributed by atoms with E-state index in [1.54, 1.807) is 0 Å². The minimum absolute atomic E-state index is 0.0692. The zero-order valence-corrected chi connectivity index (χ0v) is 12.2. The van der Waals surface area contributed by atoms with Crippen LogP contribution in [0, 0.1) is 0 Å². The summed E-state index contributed by atoms with van der Waals surface area (Å²) in [7, 11) is 0. The number of rotatable bonds is 9. The lowest BCUT2D eigenvalue weighted by molar-refractivity contribution is -0.126. The molecule has 4 heteroatoms. The van der Waals surface area contributed by atoms with Gasteiger partial charge in [0.05, 0.1) is 6.54 Å². The number of carbonyl (C=O) groups excluding carboxylic acids is 2. The Morgan fingerprint density at radius 2 is 1.75 bits per heavy atom. The van der Waals surface area contributed by atoms with Gasteiger partial charge in [-0.25, -0.2) is 0 Å². The van der Waals surface area contributed by atoms with Crippen molar-refractivity contribution in [1.29, 1.82) is 0 Å². The first-order valence-electron chi connectivity index (χ1n) is 7.29. The van der Waals surface area contributed by atoms with Gasteiger partial charge in [-0.2, -0.15) is 0 Å². The lowest BCUT2D eigenvalue weighted by Crippen LogP contribution is -2.37. The van der Waals surface area contributed by atoms with Gasteiger partial charge in [-0.15, -0.1) is 0 Å². The van der Waals surface area contributed by atoms with Crippen LogP contribution in [-0.4, -0.2) is 24.9 Å². The number of aryl methyl sites for hydroxylation is 1. The van der Waals surface area contributed by atoms with Crippen LogP contribution in [0.3, 0.4) is 0 Å². The molecular formula is C16H24N2O2. The van der Waals surface area contributed by atoms with Crippen molar-refractivity contribution in [2.75, 3.05) is 13.1 Å². The van der Waals surface area contributed by atoms with Crippen LogP contribution >= 0.6 is 0 Å². The number of amides is 2. The number of benzene rings is 1. The second-order valence-corrected chi connectivity index (χ2v) is 4.82. The van der Waals surface area contributed by atoms with E-state index < -0.39 is 0 Å². The Kier molecular flexibility index (Phi) is 8.11. The molecule has 2 N–H and O–H groups in total. The van der Waals surface area contributed by atoms with E-state index >= 15 is 0 Å². The molecule has 0 saturated carbocycles. The third kappa shape index (κ3) is 7.56. The third-order valence-corrected chi connectivity index (χ3v) is 3.03. The fourth-order valence-electron chi connectivity index (χ4n) is 1.84. The van der Waals surface area contributed by atoms with Crippen molar-refractivity contribution >= 4 is 11.8 Å². The standard InChI is InChI=1S/C16H24N2O2/c1-2-3-7-12-17-16(20)13-18-15(19)11-10-14-8-5-4-6-9-14/h4-6,8-9H,2-3,7,10-13H2,1H3,(H,17,20)(H,18,19). The van der Waals surface area contributed by atoms with E-state index in [9.17, 15) is 9.59 Å². The molecule has 0 saturated heterocycles. The number of carbonyl (C=O) groups is 2. The molecule has 0 atom stereocenters. The molecule has 0 aliphatic heterocycles. The van der Waals surface area contributed by atoms with Gasteiger partial charge in [0.1, 0.15) is 0 Å². The van der Waals surface area contributed by atoms with E-state index in [4.69, 9.17) is 0 Å². The Hall–Kier alpha value is -1.84. The van der Waals surface area contributed by atoms with Crippen molar-refractivity contribution in [3.63, 3.8) is 0 Å². The number of hydrogen-bond acceptors (Lipinski definition) is 2. The van der Waals surface area contributed by atoms with E-state index in [2.05, 4.69) is 17.6 Å². The van der Waals surface area contributed by atoms with Crippen molar-refractivity contribution in [3.8, 4) is 0 Å². The minimum atomic E-state index is -0.117. The Balaban J connectivity index is 2.09. The maximum Gasteiger partial charge on any atom is 0.239 e. The van der Waals surface area contributed by atoms with Crippen LogP contribution in [0.4, 0.5) is 0 Å². The van der Waals surface area contributed by atoms with Crippen LogP contribution in [0.5, 0.6) is 0 Å². The first-order chi connectivity index (χ1) is 9.72. The van der Waals surface area contributed by atoms with Gasteiger partial charge in [-0.05, 0) is 18.4 Å². The predicted molar refractivity (Wildman–Crippen MR) is 80.3 cm³/mol. The molecule has 1 aromatic carbocycles. The molecule has 0 aromatic heterocycles. The predicted octanol–water partition coefficient (Wildman–Crippen LogP) is 2.04. The lowest BCUT2D eigenvalue weighted by atomic mass is 10.1. The maximum atomic E-state index is 11.6. The van der Waals surface area contributed by atoms with Crippen molar-refractivity contribution in [2.45, 2.75) is 39.0 Å². The van der Waals surface area contributed by atoms with Crippen molar-refractivity contribution in [1.82, 2.24) is 10.6 Å². The molecule has 1 rings (SSSR count). The summed E-state index contributed by atoms with van der Waals surface area (Å²) in [6, 6.07) is 9.85. The third-order valence-electron chi connectivity index (χ3n) is 3.03. The molecule has 0 spiro atoms. The number of unbranched alkanes of at least 4 members (excludes halogenated alkanes) is 2. The van der Waals surface area contributed by atoms with Gasteiger partial charge < -0.3 is 10.6 Å². The van der Waals surface area contributed by atoms with Gasteiger partial charge in [0.2, 0.25) is 11.8 Å². The van der Waals surface area contributed by atoms with E-state index in [1.165, 1.54) is 0 Å². The molecule has 4 nitrogen and oxygen atoms in total. The van der Waals surface area contributed by atoms with Gasteiger partial charge in [0, 0.05) is 13.0 Å². The van der Waals surface area contributed by atoms with E-state index in [-0.39, 0.29) is 18.4 Å². The van der Waals surface area contributed by atoms with Crippen LogP contribution in [0.25, 0.3) is 0 Å². The Labute approximate surface area is 121 Å². The SMILES string of the molecule is CCCCCNC(=O)CNC(=O)CCc1ccccc1. The molecule has 0 aliphatic rings. The minimum Gasteiger partial charge on any atom is -0.355 e. The Morgan fingerprint density at radius 1 is 1.00 bits per heavy atom. The summed E-state index contributed by atoms with van der Waals surface area (Å²) in [5.74, 6) is -0.202. The second kappa shape index (κ2) is 10.0.